The Labute approximate surface area is 195 Å². The number of piperidine rings is 1. The van der Waals surface area contributed by atoms with Crippen molar-refractivity contribution < 1.29 is 9.50 Å². The van der Waals surface area contributed by atoms with E-state index < -0.39 is 5.82 Å². The third-order valence-electron chi connectivity index (χ3n) is 5.36. The van der Waals surface area contributed by atoms with E-state index in [1.54, 1.807) is 6.07 Å². The van der Waals surface area contributed by atoms with Gasteiger partial charge >= 0.3 is 0 Å². The molecule has 1 fully saturated rings. The van der Waals surface area contributed by atoms with Gasteiger partial charge in [-0.3, -0.25) is 4.90 Å². The second-order valence-corrected chi connectivity index (χ2v) is 7.60. The molecule has 3 rings (SSSR count). The number of halogens is 2. The molecule has 1 aliphatic rings. The molecule has 0 radical (unpaired) electrons. The average molecular weight is 526 g/mol. The Morgan fingerprint density at radius 1 is 1.20 bits per heavy atom. The van der Waals surface area contributed by atoms with Gasteiger partial charge < -0.3 is 15.7 Å². The molecule has 2 aromatic rings. The van der Waals surface area contributed by atoms with Crippen LogP contribution in [0, 0.1) is 12.7 Å². The molecule has 1 saturated heterocycles. The van der Waals surface area contributed by atoms with Gasteiger partial charge in [0.25, 0.3) is 0 Å². The van der Waals surface area contributed by atoms with E-state index in [0.29, 0.717) is 12.6 Å². The van der Waals surface area contributed by atoms with Crippen LogP contribution in [-0.2, 0) is 13.1 Å². The van der Waals surface area contributed by atoms with Crippen LogP contribution in [0.25, 0.3) is 0 Å². The summed E-state index contributed by atoms with van der Waals surface area (Å²) in [7, 11) is 0. The summed E-state index contributed by atoms with van der Waals surface area (Å²) < 4.78 is 13.5. The molecule has 5 nitrogen and oxygen atoms in total. The van der Waals surface area contributed by atoms with Gasteiger partial charge in [-0.05, 0) is 55.5 Å². The van der Waals surface area contributed by atoms with Crippen molar-refractivity contribution in [2.75, 3.05) is 19.6 Å². The number of hydrogen-bond acceptors (Lipinski definition) is 3. The first-order valence-electron chi connectivity index (χ1n) is 10.3. The standard InChI is InChI=1S/C23H31FN4O.HI/c1-3-25-23(26-15-18-8-9-22(29)21(24)14-18)27-20-10-12-28(13-11-20)16-19-7-5-4-6-17(19)2;/h4-9,14,20,29H,3,10-13,15-16H2,1-2H3,(H2,25,26,27);1H. The first-order valence-corrected chi connectivity index (χ1v) is 10.3. The highest BCUT2D eigenvalue weighted by atomic mass is 127. The van der Waals surface area contributed by atoms with Crippen molar-refractivity contribution in [3.8, 4) is 5.75 Å². The summed E-state index contributed by atoms with van der Waals surface area (Å²) in [4.78, 5) is 7.08. The lowest BCUT2D eigenvalue weighted by molar-refractivity contribution is 0.198. The van der Waals surface area contributed by atoms with Gasteiger partial charge in [0.05, 0.1) is 6.54 Å². The largest absolute Gasteiger partial charge is 0.505 e. The third-order valence-corrected chi connectivity index (χ3v) is 5.36. The van der Waals surface area contributed by atoms with Gasteiger partial charge in [0.2, 0.25) is 0 Å². The van der Waals surface area contributed by atoms with E-state index in [-0.39, 0.29) is 29.7 Å². The zero-order valence-corrected chi connectivity index (χ0v) is 20.0. The van der Waals surface area contributed by atoms with E-state index in [9.17, 15) is 9.50 Å². The number of aromatic hydroxyl groups is 1. The van der Waals surface area contributed by atoms with Gasteiger partial charge in [0.15, 0.2) is 17.5 Å². The van der Waals surface area contributed by atoms with Crippen LogP contribution in [0.1, 0.15) is 36.5 Å². The highest BCUT2D eigenvalue weighted by Crippen LogP contribution is 2.18. The lowest BCUT2D eigenvalue weighted by Gasteiger charge is -2.33. The summed E-state index contributed by atoms with van der Waals surface area (Å²) in [6, 6.07) is 13.3. The summed E-state index contributed by atoms with van der Waals surface area (Å²) in [5.41, 5.74) is 3.47. The van der Waals surface area contributed by atoms with Crippen LogP contribution >= 0.6 is 24.0 Å². The van der Waals surface area contributed by atoms with Crippen molar-refractivity contribution in [2.45, 2.75) is 45.8 Å². The SMILES string of the molecule is CCNC(=NCc1ccc(O)c(F)c1)NC1CCN(Cc2ccccc2C)CC1.I. The number of benzene rings is 2. The van der Waals surface area contributed by atoms with Crippen molar-refractivity contribution in [3.63, 3.8) is 0 Å². The van der Waals surface area contributed by atoms with Gasteiger partial charge in [-0.25, -0.2) is 9.38 Å². The third kappa shape index (κ3) is 7.12. The topological polar surface area (TPSA) is 59.9 Å². The maximum atomic E-state index is 13.5. The zero-order chi connectivity index (χ0) is 20.6. The van der Waals surface area contributed by atoms with Gasteiger partial charge in [-0.15, -0.1) is 24.0 Å². The molecule has 0 unspecified atom stereocenters. The Morgan fingerprint density at radius 3 is 2.60 bits per heavy atom. The first-order chi connectivity index (χ1) is 14.0. The Kier molecular flexibility index (Phi) is 9.84. The molecule has 30 heavy (non-hydrogen) atoms. The van der Waals surface area contributed by atoms with E-state index >= 15 is 0 Å². The van der Waals surface area contributed by atoms with E-state index in [1.165, 1.54) is 23.3 Å². The van der Waals surface area contributed by atoms with Gasteiger partial charge in [-0.2, -0.15) is 0 Å². The van der Waals surface area contributed by atoms with Crippen molar-refractivity contribution in [1.82, 2.24) is 15.5 Å². The molecule has 0 saturated carbocycles. The molecule has 0 atom stereocenters. The fourth-order valence-corrected chi connectivity index (χ4v) is 3.60. The summed E-state index contributed by atoms with van der Waals surface area (Å²) in [6.45, 7) is 8.43. The Bertz CT molecular complexity index is 838. The molecule has 2 aromatic carbocycles. The minimum atomic E-state index is -0.614. The quantitative estimate of drug-likeness (QED) is 0.301. The second kappa shape index (κ2) is 12.1. The summed E-state index contributed by atoms with van der Waals surface area (Å²) >= 11 is 0. The van der Waals surface area contributed by atoms with Gasteiger partial charge in [-0.1, -0.05) is 30.3 Å². The van der Waals surface area contributed by atoms with Crippen molar-refractivity contribution in [3.05, 3.63) is 65.0 Å². The number of phenolic OH excluding ortho intramolecular Hbond substituents is 1. The molecule has 0 bridgehead atoms. The molecule has 0 aliphatic carbocycles. The average Bonchev–Trinajstić information content (AvgIpc) is 2.72. The lowest BCUT2D eigenvalue weighted by atomic mass is 10.0. The number of aliphatic imine (C=N–C) groups is 1. The predicted molar refractivity (Wildman–Crippen MR) is 131 cm³/mol. The minimum absolute atomic E-state index is 0. The van der Waals surface area contributed by atoms with Crippen LogP contribution in [0.5, 0.6) is 5.75 Å². The van der Waals surface area contributed by atoms with Gasteiger partial charge in [0.1, 0.15) is 0 Å². The van der Waals surface area contributed by atoms with E-state index in [0.717, 1.165) is 50.5 Å². The molecule has 1 aliphatic heterocycles. The molecule has 3 N–H and O–H groups in total. The van der Waals surface area contributed by atoms with Crippen molar-refractivity contribution in [2.24, 2.45) is 4.99 Å². The molecule has 7 heteroatoms. The zero-order valence-electron chi connectivity index (χ0n) is 17.7. The smallest absolute Gasteiger partial charge is 0.191 e. The number of likely N-dealkylation sites (tertiary alicyclic amines) is 1. The summed E-state index contributed by atoms with van der Waals surface area (Å²) in [5, 5.41) is 16.1. The summed E-state index contributed by atoms with van der Waals surface area (Å²) in [6.07, 6.45) is 2.12. The highest BCUT2D eigenvalue weighted by Gasteiger charge is 2.20. The second-order valence-electron chi connectivity index (χ2n) is 7.60. The number of guanidine groups is 1. The fraction of sp³-hybridized carbons (Fsp3) is 0.435. The van der Waals surface area contributed by atoms with Crippen LogP contribution < -0.4 is 10.6 Å². The number of aryl methyl sites for hydroxylation is 1. The normalized spacial score (nSPS) is 15.5. The van der Waals surface area contributed by atoms with Crippen molar-refractivity contribution in [1.29, 1.82) is 0 Å². The van der Waals surface area contributed by atoms with Crippen LogP contribution in [0.3, 0.4) is 0 Å². The molecule has 0 aromatic heterocycles. The van der Waals surface area contributed by atoms with Crippen LogP contribution in [-0.4, -0.2) is 41.6 Å². The number of phenols is 1. The van der Waals surface area contributed by atoms with Crippen LogP contribution in [0.2, 0.25) is 0 Å². The molecule has 0 spiro atoms. The Hall–Kier alpha value is -1.87. The molecular weight excluding hydrogens is 494 g/mol. The van der Waals surface area contributed by atoms with E-state index in [2.05, 4.69) is 51.7 Å². The highest BCUT2D eigenvalue weighted by molar-refractivity contribution is 14.0. The molecule has 0 amide bonds. The Morgan fingerprint density at radius 2 is 1.93 bits per heavy atom. The van der Waals surface area contributed by atoms with Crippen LogP contribution in [0.4, 0.5) is 4.39 Å². The molecule has 1 heterocycles. The monoisotopic (exact) mass is 526 g/mol. The minimum Gasteiger partial charge on any atom is -0.505 e. The van der Waals surface area contributed by atoms with Gasteiger partial charge in [0, 0.05) is 32.2 Å². The maximum Gasteiger partial charge on any atom is 0.191 e. The summed E-state index contributed by atoms with van der Waals surface area (Å²) in [5.74, 6) is -0.199. The van der Waals surface area contributed by atoms with Crippen LogP contribution in [0.15, 0.2) is 47.5 Å². The lowest BCUT2D eigenvalue weighted by Crippen LogP contribution is -2.48. The number of hydrogen-bond donors (Lipinski definition) is 3. The predicted octanol–water partition coefficient (Wildman–Crippen LogP) is 4.18. The number of nitrogens with one attached hydrogen (secondary N) is 2. The maximum absolute atomic E-state index is 13.5. The molecule has 164 valence electrons. The fourth-order valence-electron chi connectivity index (χ4n) is 3.60. The van der Waals surface area contributed by atoms with E-state index in [4.69, 9.17) is 0 Å². The first kappa shape index (κ1) is 24.4. The van der Waals surface area contributed by atoms with Crippen molar-refractivity contribution >= 4 is 29.9 Å². The van der Waals surface area contributed by atoms with E-state index in [1.807, 2.05) is 6.92 Å². The molecular formula is C23H32FIN4O. The number of rotatable bonds is 6. The Balaban J connectivity index is 0.00000320. The number of nitrogens with zero attached hydrogens (tertiary/aromatic N) is 2.